The zero-order valence-electron chi connectivity index (χ0n) is 36.0. The van der Waals surface area contributed by atoms with Gasteiger partial charge in [-0.25, -0.2) is 0 Å². The van der Waals surface area contributed by atoms with Gasteiger partial charge in [-0.2, -0.15) is 0 Å². The maximum atomic E-state index is 7.27. The molecule has 8 aromatic rings. The highest BCUT2D eigenvalue weighted by atomic mass is 31.2. The third-order valence-corrected chi connectivity index (χ3v) is 17.5. The van der Waals surface area contributed by atoms with Crippen LogP contribution in [-0.4, -0.2) is 33.8 Å². The molecule has 0 radical (unpaired) electrons. The van der Waals surface area contributed by atoms with E-state index in [0.29, 0.717) is 0 Å². The lowest BCUT2D eigenvalue weighted by Crippen LogP contribution is -2.59. The van der Waals surface area contributed by atoms with Crippen LogP contribution < -0.4 is 25.4 Å². The first kappa shape index (κ1) is 41.2. The fourth-order valence-corrected chi connectivity index (χ4v) is 14.5. The van der Waals surface area contributed by atoms with Gasteiger partial charge in [0.25, 0.3) is 11.4 Å². The Hall–Kier alpha value is -6.87. The van der Waals surface area contributed by atoms with E-state index in [-0.39, 0.29) is 7.43 Å². The Balaban J connectivity index is 0.00000484. The van der Waals surface area contributed by atoms with E-state index in [1.165, 1.54) is 49.3 Å². The molecular weight excluding hydrogens is 800 g/mol. The first-order chi connectivity index (χ1) is 31.0. The van der Waals surface area contributed by atoms with E-state index in [0.717, 1.165) is 70.6 Å². The summed E-state index contributed by atoms with van der Waals surface area (Å²) in [6.45, 7) is 6.56. The number of aryl methyl sites for hydroxylation is 4. The van der Waals surface area contributed by atoms with Crippen LogP contribution in [0.25, 0.3) is 22.3 Å². The van der Waals surface area contributed by atoms with Crippen LogP contribution in [0.3, 0.4) is 0 Å². The summed E-state index contributed by atoms with van der Waals surface area (Å²) in [6.07, 6.45) is 8.52. The molecule has 1 unspecified atom stereocenters. The summed E-state index contributed by atoms with van der Waals surface area (Å²) in [7, 11) is -2.02. The van der Waals surface area contributed by atoms with Crippen molar-refractivity contribution < 1.29 is 18.6 Å². The number of benzene rings is 8. The molecule has 0 fully saturated rings. The molecule has 0 aromatic heterocycles. The number of para-hydroxylation sites is 2. The molecule has 1 spiro atoms. The zero-order valence-corrected chi connectivity index (χ0v) is 36.9. The van der Waals surface area contributed by atoms with Gasteiger partial charge in [0.2, 0.25) is 0 Å². The largest absolute Gasteiger partial charge is 0.715 e. The second-order valence-electron chi connectivity index (χ2n) is 17.0. The highest BCUT2D eigenvalue weighted by Gasteiger charge is 2.72. The average molecular weight is 854 g/mol. The second-order valence-corrected chi connectivity index (χ2v) is 20.6. The lowest BCUT2D eigenvalue weighted by molar-refractivity contribution is -0.831. The van der Waals surface area contributed by atoms with Crippen LogP contribution in [0.1, 0.15) is 54.2 Å². The summed E-state index contributed by atoms with van der Waals surface area (Å²) in [5.41, 5.74) is 13.9. The van der Waals surface area contributed by atoms with Crippen molar-refractivity contribution in [2.75, 3.05) is 6.16 Å². The van der Waals surface area contributed by atoms with Crippen LogP contribution in [0.2, 0.25) is 0 Å². The van der Waals surface area contributed by atoms with Crippen molar-refractivity contribution >= 4 is 47.0 Å². The molecule has 0 aliphatic carbocycles. The summed E-state index contributed by atoms with van der Waals surface area (Å²) in [5, 5.41) is 4.22. The van der Waals surface area contributed by atoms with E-state index in [4.69, 9.17) is 9.47 Å². The maximum Gasteiger partial charge on any atom is 0.715 e. The van der Waals surface area contributed by atoms with Gasteiger partial charge in [0.05, 0.1) is 17.3 Å². The lowest BCUT2D eigenvalue weighted by Gasteiger charge is -2.29. The summed E-state index contributed by atoms with van der Waals surface area (Å²) in [5.74, 6) is 1.66. The Morgan fingerprint density at radius 3 is 1.30 bits per heavy atom. The van der Waals surface area contributed by atoms with Crippen molar-refractivity contribution in [3.05, 3.63) is 221 Å². The van der Waals surface area contributed by atoms with E-state index in [9.17, 15) is 0 Å². The van der Waals surface area contributed by atoms with Crippen molar-refractivity contribution in [2.24, 2.45) is 0 Å². The number of hydrogen-bond acceptors (Lipinski definition) is 2. The standard InChI is InChI=1S/C58H50N2O2P.CH4/c1-4-20-43-21-14-16-29-52(43)45-35-41(2)56-47(37-45)39-59-54-31-18-19-32-55(54)60-40-48-38-46(36-42(3)57(48)62-58(59,60)61-56)53-30-17-15-22-44(53)33-34-63(49-23-8-5-9-24-49,50-25-10-6-11-26-50)51-27-12-7-13-28-51;/h5-19,21-32,35-40H,4,20,33-34H2,1-3H3;1H4/q+3;. The SMILES string of the molecule is C.CCCc1ccccc1-c1cc(C)c2c(c1)C=[N+]1c3ccccc3[N+]3=Cc4cc(-c5ccccc5CC[P+](c5ccccc5)(c5ccccc5)c5ccccc5)cc(C)c4OC13O2. The van der Waals surface area contributed by atoms with E-state index in [2.05, 4.69) is 230 Å². The molecule has 4 nitrogen and oxygen atoms in total. The first-order valence-corrected chi connectivity index (χ1v) is 24.2. The Morgan fingerprint density at radius 1 is 0.469 bits per heavy atom. The molecule has 0 bridgehead atoms. The van der Waals surface area contributed by atoms with Crippen molar-refractivity contribution in [3.8, 4) is 33.8 Å². The van der Waals surface area contributed by atoms with Crippen molar-refractivity contribution in [2.45, 2.75) is 53.5 Å². The quantitative estimate of drug-likeness (QED) is 0.101. The molecule has 0 saturated carbocycles. The second kappa shape index (κ2) is 16.7. The van der Waals surface area contributed by atoms with Crippen LogP contribution in [0.4, 0.5) is 11.4 Å². The van der Waals surface area contributed by atoms with Gasteiger partial charge in [-0.1, -0.05) is 136 Å². The Kier molecular flexibility index (Phi) is 10.7. The molecule has 11 rings (SSSR count). The summed E-state index contributed by atoms with van der Waals surface area (Å²) >= 11 is 0. The topological polar surface area (TPSA) is 24.5 Å². The molecule has 0 saturated heterocycles. The third-order valence-electron chi connectivity index (χ3n) is 13.1. The monoisotopic (exact) mass is 853 g/mol. The fourth-order valence-electron chi connectivity index (χ4n) is 10.2. The van der Waals surface area contributed by atoms with Crippen LogP contribution in [0.5, 0.6) is 11.5 Å². The molecule has 5 heteroatoms. The van der Waals surface area contributed by atoms with Gasteiger partial charge in [0.1, 0.15) is 23.2 Å². The van der Waals surface area contributed by atoms with E-state index in [1.54, 1.807) is 0 Å². The zero-order chi connectivity index (χ0) is 42.5. The maximum absolute atomic E-state index is 7.27. The van der Waals surface area contributed by atoms with Crippen LogP contribution in [-0.2, 0) is 12.8 Å². The normalized spacial score (nSPS) is 15.4. The first-order valence-electron chi connectivity index (χ1n) is 22.2. The molecule has 8 aromatic carbocycles. The van der Waals surface area contributed by atoms with Gasteiger partial charge in [-0.15, -0.1) is 0 Å². The van der Waals surface area contributed by atoms with Crippen molar-refractivity contribution in [1.29, 1.82) is 0 Å². The fraction of sp³-hybridized carbons (Fsp3) is 0.153. The molecule has 0 amide bonds. The number of nitrogens with zero attached hydrogens (tertiary/aromatic N) is 2. The van der Waals surface area contributed by atoms with E-state index < -0.39 is 13.3 Å². The van der Waals surface area contributed by atoms with E-state index >= 15 is 0 Å². The smallest absolute Gasteiger partial charge is 0.340 e. The Morgan fingerprint density at radius 2 is 0.859 bits per heavy atom. The number of rotatable bonds is 10. The van der Waals surface area contributed by atoms with Gasteiger partial charge < -0.3 is 9.47 Å². The molecule has 3 aliphatic rings. The molecule has 3 heterocycles. The molecule has 1 atom stereocenters. The molecule has 3 aliphatic heterocycles. The van der Waals surface area contributed by atoms with Gasteiger partial charge in [-0.05, 0) is 135 Å². The predicted molar refractivity (Wildman–Crippen MR) is 268 cm³/mol. The average Bonchev–Trinajstić information content (AvgIpc) is 3.60. The highest BCUT2D eigenvalue weighted by molar-refractivity contribution is 7.95. The molecule has 64 heavy (non-hydrogen) atoms. The third kappa shape index (κ3) is 6.71. The number of hydrogen-bond donors (Lipinski definition) is 0. The lowest BCUT2D eigenvalue weighted by atomic mass is 9.93. The number of fused-ring (bicyclic) bond motifs is 5. The molecule has 0 N–H and O–H groups in total. The van der Waals surface area contributed by atoms with Crippen LogP contribution in [0.15, 0.2) is 188 Å². The minimum absolute atomic E-state index is 0. The summed E-state index contributed by atoms with van der Waals surface area (Å²) in [4.78, 5) is 0. The molecule has 314 valence electrons. The Bertz CT molecular complexity index is 3010. The van der Waals surface area contributed by atoms with Crippen molar-refractivity contribution in [1.82, 2.24) is 0 Å². The minimum Gasteiger partial charge on any atom is -0.340 e. The van der Waals surface area contributed by atoms with E-state index in [1.807, 2.05) is 0 Å². The Labute approximate surface area is 378 Å². The summed E-state index contributed by atoms with van der Waals surface area (Å²) < 4.78 is 18.8. The predicted octanol–water partition coefficient (Wildman–Crippen LogP) is 12.7. The van der Waals surface area contributed by atoms with Crippen LogP contribution in [0, 0.1) is 13.8 Å². The summed E-state index contributed by atoms with van der Waals surface area (Å²) in [6, 6.07) is 67.7. The minimum atomic E-state index is -2.02. The highest BCUT2D eigenvalue weighted by Crippen LogP contribution is 2.56. The van der Waals surface area contributed by atoms with Crippen molar-refractivity contribution in [3.63, 3.8) is 0 Å². The van der Waals surface area contributed by atoms with Crippen LogP contribution >= 0.6 is 7.26 Å². The van der Waals surface area contributed by atoms with Gasteiger partial charge >= 0.3 is 6.03 Å². The van der Waals surface area contributed by atoms with Gasteiger partial charge in [-0.3, -0.25) is 0 Å². The van der Waals surface area contributed by atoms with Gasteiger partial charge in [0, 0.05) is 18.6 Å². The molecular formula is C59H54N2O2P+3. The van der Waals surface area contributed by atoms with Gasteiger partial charge in [0.15, 0.2) is 23.9 Å². The number of ether oxygens (including phenoxy) is 2.